The van der Waals surface area contributed by atoms with Crippen LogP contribution >= 0.6 is 0 Å². The molecule has 3 heteroatoms. The number of carbonyl (C=O) groups excluding carboxylic acids is 1. The lowest BCUT2D eigenvalue weighted by Gasteiger charge is -2.16. The number of rotatable bonds is 5. The number of carbonyl (C=O) groups is 1. The predicted molar refractivity (Wildman–Crippen MR) is 68.4 cm³/mol. The van der Waals surface area contributed by atoms with Gasteiger partial charge in [-0.1, -0.05) is 13.3 Å². The molecule has 0 aromatic heterocycles. The van der Waals surface area contributed by atoms with Gasteiger partial charge in [0.05, 0.1) is 6.61 Å². The van der Waals surface area contributed by atoms with E-state index < -0.39 is 0 Å². The lowest BCUT2D eigenvalue weighted by Crippen LogP contribution is -2.23. The van der Waals surface area contributed by atoms with Crippen LogP contribution in [0.25, 0.3) is 0 Å². The van der Waals surface area contributed by atoms with E-state index in [2.05, 4.69) is 6.92 Å². The first-order valence-corrected chi connectivity index (χ1v) is 6.34. The average molecular weight is 233 g/mol. The summed E-state index contributed by atoms with van der Waals surface area (Å²) in [6.07, 6.45) is 3.86. The Morgan fingerprint density at radius 2 is 2.06 bits per heavy atom. The number of nitrogens with zero attached hydrogens (tertiary/aromatic N) is 1. The summed E-state index contributed by atoms with van der Waals surface area (Å²) in [7, 11) is 0. The van der Waals surface area contributed by atoms with Gasteiger partial charge in [0.2, 0.25) is 5.91 Å². The quantitative estimate of drug-likeness (QED) is 0.732. The van der Waals surface area contributed by atoms with Crippen LogP contribution in [0.3, 0.4) is 0 Å². The third-order valence-electron chi connectivity index (χ3n) is 2.99. The van der Waals surface area contributed by atoms with Crippen LogP contribution in [0.15, 0.2) is 24.3 Å². The zero-order valence-corrected chi connectivity index (χ0v) is 10.3. The molecule has 1 fully saturated rings. The van der Waals surface area contributed by atoms with Crippen LogP contribution in [0, 0.1) is 0 Å². The maximum absolute atomic E-state index is 11.6. The van der Waals surface area contributed by atoms with E-state index in [-0.39, 0.29) is 5.91 Å². The standard InChI is InChI=1S/C14H19NO2/c1-2-3-11-17-13-8-6-12(7-9-13)15-10-4-5-14(15)16/h6-9H,2-5,10-11H2,1H3. The van der Waals surface area contributed by atoms with Gasteiger partial charge in [-0.15, -0.1) is 0 Å². The molecule has 1 heterocycles. The minimum atomic E-state index is 0.227. The van der Waals surface area contributed by atoms with Crippen molar-refractivity contribution in [1.82, 2.24) is 0 Å². The number of hydrogen-bond donors (Lipinski definition) is 0. The molecule has 0 atom stereocenters. The fraction of sp³-hybridized carbons (Fsp3) is 0.500. The van der Waals surface area contributed by atoms with Gasteiger partial charge < -0.3 is 9.64 Å². The van der Waals surface area contributed by atoms with Crippen molar-refractivity contribution in [2.45, 2.75) is 32.6 Å². The zero-order valence-electron chi connectivity index (χ0n) is 10.3. The normalized spacial score (nSPS) is 15.4. The second-order valence-corrected chi connectivity index (χ2v) is 4.34. The zero-order chi connectivity index (χ0) is 12.1. The van der Waals surface area contributed by atoms with Crippen LogP contribution in [0.1, 0.15) is 32.6 Å². The number of amides is 1. The van der Waals surface area contributed by atoms with E-state index in [4.69, 9.17) is 4.74 Å². The highest BCUT2D eigenvalue weighted by Crippen LogP contribution is 2.23. The molecule has 1 aliphatic heterocycles. The Morgan fingerprint density at radius 3 is 2.65 bits per heavy atom. The van der Waals surface area contributed by atoms with Crippen molar-refractivity contribution in [3.8, 4) is 5.75 Å². The number of ether oxygens (including phenoxy) is 1. The van der Waals surface area contributed by atoms with Gasteiger partial charge in [0.1, 0.15) is 5.75 Å². The summed E-state index contributed by atoms with van der Waals surface area (Å²) in [4.78, 5) is 13.4. The third kappa shape index (κ3) is 2.99. The minimum Gasteiger partial charge on any atom is -0.494 e. The molecule has 1 amide bonds. The molecular weight excluding hydrogens is 214 g/mol. The molecule has 17 heavy (non-hydrogen) atoms. The molecule has 1 aliphatic rings. The Morgan fingerprint density at radius 1 is 1.29 bits per heavy atom. The van der Waals surface area contributed by atoms with Crippen molar-refractivity contribution in [2.75, 3.05) is 18.1 Å². The average Bonchev–Trinajstić information content (AvgIpc) is 2.77. The Balaban J connectivity index is 1.95. The maximum Gasteiger partial charge on any atom is 0.227 e. The molecule has 0 spiro atoms. The smallest absolute Gasteiger partial charge is 0.227 e. The Labute approximate surface area is 102 Å². The first-order chi connectivity index (χ1) is 8.31. The van der Waals surface area contributed by atoms with Gasteiger partial charge in [-0.05, 0) is 37.1 Å². The SMILES string of the molecule is CCCCOc1ccc(N2CCCC2=O)cc1. The maximum atomic E-state index is 11.6. The summed E-state index contributed by atoms with van der Waals surface area (Å²) in [5.41, 5.74) is 0.982. The molecule has 2 rings (SSSR count). The monoisotopic (exact) mass is 233 g/mol. The molecule has 0 radical (unpaired) electrons. The molecule has 1 aromatic rings. The molecule has 92 valence electrons. The summed E-state index contributed by atoms with van der Waals surface area (Å²) in [5, 5.41) is 0. The minimum absolute atomic E-state index is 0.227. The fourth-order valence-corrected chi connectivity index (χ4v) is 1.98. The van der Waals surface area contributed by atoms with Crippen molar-refractivity contribution in [3.05, 3.63) is 24.3 Å². The van der Waals surface area contributed by atoms with Gasteiger partial charge >= 0.3 is 0 Å². The number of hydrogen-bond acceptors (Lipinski definition) is 2. The van der Waals surface area contributed by atoms with E-state index in [0.717, 1.165) is 43.9 Å². The van der Waals surface area contributed by atoms with E-state index in [1.807, 2.05) is 29.2 Å². The predicted octanol–water partition coefficient (Wildman–Crippen LogP) is 2.99. The summed E-state index contributed by atoms with van der Waals surface area (Å²) in [6.45, 7) is 3.75. The summed E-state index contributed by atoms with van der Waals surface area (Å²) < 4.78 is 5.59. The summed E-state index contributed by atoms with van der Waals surface area (Å²) in [5.74, 6) is 1.11. The fourth-order valence-electron chi connectivity index (χ4n) is 1.98. The summed E-state index contributed by atoms with van der Waals surface area (Å²) >= 11 is 0. The van der Waals surface area contributed by atoms with Crippen LogP contribution < -0.4 is 9.64 Å². The van der Waals surface area contributed by atoms with Crippen molar-refractivity contribution in [2.24, 2.45) is 0 Å². The van der Waals surface area contributed by atoms with Gasteiger partial charge in [-0.25, -0.2) is 0 Å². The van der Waals surface area contributed by atoms with Gasteiger partial charge in [0, 0.05) is 18.7 Å². The molecule has 0 aliphatic carbocycles. The molecule has 1 aromatic carbocycles. The van der Waals surface area contributed by atoms with E-state index in [0.29, 0.717) is 6.42 Å². The van der Waals surface area contributed by atoms with Crippen LogP contribution in [-0.2, 0) is 4.79 Å². The van der Waals surface area contributed by atoms with E-state index in [1.54, 1.807) is 0 Å². The highest BCUT2D eigenvalue weighted by Gasteiger charge is 2.21. The largest absolute Gasteiger partial charge is 0.494 e. The number of anilines is 1. The topological polar surface area (TPSA) is 29.5 Å². The lowest BCUT2D eigenvalue weighted by molar-refractivity contribution is -0.117. The van der Waals surface area contributed by atoms with Gasteiger partial charge in [0.25, 0.3) is 0 Å². The highest BCUT2D eigenvalue weighted by molar-refractivity contribution is 5.95. The first-order valence-electron chi connectivity index (χ1n) is 6.34. The van der Waals surface area contributed by atoms with Gasteiger partial charge in [-0.2, -0.15) is 0 Å². The van der Waals surface area contributed by atoms with Crippen LogP contribution in [-0.4, -0.2) is 19.1 Å². The third-order valence-corrected chi connectivity index (χ3v) is 2.99. The number of unbranched alkanes of at least 4 members (excludes halogenated alkanes) is 1. The van der Waals surface area contributed by atoms with Crippen molar-refractivity contribution >= 4 is 11.6 Å². The lowest BCUT2D eigenvalue weighted by atomic mass is 10.3. The van der Waals surface area contributed by atoms with Crippen LogP contribution in [0.5, 0.6) is 5.75 Å². The van der Waals surface area contributed by atoms with Crippen molar-refractivity contribution < 1.29 is 9.53 Å². The Bertz CT molecular complexity index is 372. The summed E-state index contributed by atoms with van der Waals surface area (Å²) in [6, 6.07) is 7.81. The van der Waals surface area contributed by atoms with Crippen LogP contribution in [0.2, 0.25) is 0 Å². The second-order valence-electron chi connectivity index (χ2n) is 4.34. The van der Waals surface area contributed by atoms with E-state index in [1.165, 1.54) is 0 Å². The van der Waals surface area contributed by atoms with Crippen LogP contribution in [0.4, 0.5) is 5.69 Å². The van der Waals surface area contributed by atoms with Gasteiger partial charge in [-0.3, -0.25) is 4.79 Å². The van der Waals surface area contributed by atoms with Crippen molar-refractivity contribution in [3.63, 3.8) is 0 Å². The number of benzene rings is 1. The van der Waals surface area contributed by atoms with Gasteiger partial charge in [0.15, 0.2) is 0 Å². The molecule has 0 N–H and O–H groups in total. The van der Waals surface area contributed by atoms with E-state index in [9.17, 15) is 4.79 Å². The second kappa shape index (κ2) is 5.71. The van der Waals surface area contributed by atoms with Crippen molar-refractivity contribution in [1.29, 1.82) is 0 Å². The Kier molecular flexibility index (Phi) is 4.02. The Hall–Kier alpha value is -1.51. The molecule has 1 saturated heterocycles. The molecule has 0 bridgehead atoms. The first kappa shape index (κ1) is 12.0. The molecule has 3 nitrogen and oxygen atoms in total. The van der Waals surface area contributed by atoms with E-state index >= 15 is 0 Å². The molecule has 0 saturated carbocycles. The molecule has 0 unspecified atom stereocenters. The highest BCUT2D eigenvalue weighted by atomic mass is 16.5. The molecular formula is C14H19NO2.